The fraction of sp³-hybridized carbons (Fsp3) is 0.0556. The van der Waals surface area contributed by atoms with Gasteiger partial charge in [-0.05, 0) is 110 Å². The zero-order chi connectivity index (χ0) is 32.3. The SMILES string of the molecule is N#C/N=c1\c2cc(-c3cc(F)cc(CF)c3)ccc2c2cc3/c(=N/C#N)c4cc(-c5cc(F)cc(C(F)(F)F)c5)ccc4c3cc12. The monoisotopic (exact) mass is 618 g/mol. The molecule has 4 nitrogen and oxygen atoms in total. The first-order valence-corrected chi connectivity index (χ1v) is 13.8. The molecular weight excluding hydrogens is 602 g/mol. The Kier molecular flexibility index (Phi) is 6.61. The number of benzene rings is 5. The van der Waals surface area contributed by atoms with Gasteiger partial charge in [0.15, 0.2) is 0 Å². The van der Waals surface area contributed by atoms with E-state index in [1.807, 2.05) is 18.3 Å². The van der Waals surface area contributed by atoms with E-state index in [-0.39, 0.29) is 16.5 Å². The second kappa shape index (κ2) is 10.6. The van der Waals surface area contributed by atoms with Crippen molar-refractivity contribution in [3.8, 4) is 34.6 Å². The topological polar surface area (TPSA) is 72.3 Å². The molecule has 0 aromatic heterocycles. The maximum atomic E-state index is 14.2. The number of nitrogens with zero attached hydrogens (tertiary/aromatic N) is 4. The molecule has 0 unspecified atom stereocenters. The van der Waals surface area contributed by atoms with Gasteiger partial charge in [-0.25, -0.2) is 13.2 Å². The highest BCUT2D eigenvalue weighted by Gasteiger charge is 2.31. The quantitative estimate of drug-likeness (QED) is 0.146. The van der Waals surface area contributed by atoms with Crippen LogP contribution in [0.25, 0.3) is 65.3 Å². The lowest BCUT2D eigenvalue weighted by Gasteiger charge is -2.10. The van der Waals surface area contributed by atoms with Crippen LogP contribution in [0.15, 0.2) is 94.9 Å². The smallest absolute Gasteiger partial charge is 0.246 e. The van der Waals surface area contributed by atoms with Crippen molar-refractivity contribution < 1.29 is 26.3 Å². The summed E-state index contributed by atoms with van der Waals surface area (Å²) in [5.41, 5.74) is 0.418. The minimum absolute atomic E-state index is 0.00925. The molecule has 222 valence electrons. The van der Waals surface area contributed by atoms with E-state index in [4.69, 9.17) is 0 Å². The van der Waals surface area contributed by atoms with E-state index in [9.17, 15) is 36.9 Å². The van der Waals surface area contributed by atoms with Gasteiger partial charge in [0, 0.05) is 21.5 Å². The predicted molar refractivity (Wildman–Crippen MR) is 162 cm³/mol. The molecule has 0 saturated heterocycles. The highest BCUT2D eigenvalue weighted by Crippen LogP contribution is 2.37. The summed E-state index contributed by atoms with van der Waals surface area (Å²) in [7, 11) is 0. The van der Waals surface area contributed by atoms with E-state index in [0.717, 1.165) is 18.2 Å². The number of halogens is 6. The largest absolute Gasteiger partial charge is 0.416 e. The zero-order valence-electron chi connectivity index (χ0n) is 23.3. The molecule has 0 spiro atoms. The fourth-order valence-corrected chi connectivity index (χ4v) is 6.19. The molecule has 0 atom stereocenters. The number of hydrogen-bond donors (Lipinski definition) is 0. The van der Waals surface area contributed by atoms with Crippen molar-refractivity contribution in [3.05, 3.63) is 118 Å². The number of alkyl halides is 4. The fourth-order valence-electron chi connectivity index (χ4n) is 6.19. The van der Waals surface area contributed by atoms with Crippen molar-refractivity contribution in [2.24, 2.45) is 9.98 Å². The third-order valence-electron chi connectivity index (χ3n) is 8.12. The lowest BCUT2D eigenvalue weighted by molar-refractivity contribution is -0.137. The molecule has 0 radical (unpaired) electrons. The maximum absolute atomic E-state index is 14.2. The Morgan fingerprint density at radius 1 is 0.522 bits per heavy atom. The van der Waals surface area contributed by atoms with E-state index in [1.54, 1.807) is 48.7 Å². The second-order valence-electron chi connectivity index (χ2n) is 10.8. The van der Waals surface area contributed by atoms with Gasteiger partial charge in [0.05, 0.1) is 16.3 Å². The summed E-state index contributed by atoms with van der Waals surface area (Å²) in [6.45, 7) is -0.833. The van der Waals surface area contributed by atoms with Gasteiger partial charge < -0.3 is 0 Å². The van der Waals surface area contributed by atoms with Gasteiger partial charge >= 0.3 is 6.18 Å². The Balaban J connectivity index is 1.50. The molecule has 0 fully saturated rings. The summed E-state index contributed by atoms with van der Waals surface area (Å²) in [5, 5.41) is 24.8. The molecule has 0 amide bonds. The van der Waals surface area contributed by atoms with Crippen LogP contribution < -0.4 is 10.7 Å². The number of fused-ring (bicyclic) bond motifs is 6. The normalized spacial score (nSPS) is 12.9. The highest BCUT2D eigenvalue weighted by molar-refractivity contribution is 6.21. The minimum atomic E-state index is -4.74. The molecule has 7 aromatic rings. The summed E-state index contributed by atoms with van der Waals surface area (Å²) in [6.07, 6.45) is -1.10. The summed E-state index contributed by atoms with van der Waals surface area (Å²) in [4.78, 5) is 8.15. The molecule has 7 rings (SSSR count). The first-order valence-electron chi connectivity index (χ1n) is 13.8. The molecule has 0 aliphatic rings. The summed E-state index contributed by atoms with van der Waals surface area (Å²) >= 11 is 0. The molecule has 0 bridgehead atoms. The second-order valence-corrected chi connectivity index (χ2v) is 10.8. The number of nitriles is 2. The van der Waals surface area contributed by atoms with E-state index in [1.165, 1.54) is 6.07 Å². The molecule has 7 aromatic carbocycles. The van der Waals surface area contributed by atoms with Crippen LogP contribution >= 0.6 is 0 Å². The van der Waals surface area contributed by atoms with Crippen LogP contribution in [0.5, 0.6) is 0 Å². The lowest BCUT2D eigenvalue weighted by Crippen LogP contribution is -2.05. The van der Waals surface area contributed by atoms with Crippen molar-refractivity contribution in [2.45, 2.75) is 12.9 Å². The Labute approximate surface area is 255 Å². The van der Waals surface area contributed by atoms with Crippen LogP contribution in [0.3, 0.4) is 0 Å². The van der Waals surface area contributed by atoms with Crippen molar-refractivity contribution in [3.63, 3.8) is 0 Å². The molecule has 46 heavy (non-hydrogen) atoms. The van der Waals surface area contributed by atoms with Crippen LogP contribution in [0.4, 0.5) is 26.3 Å². The van der Waals surface area contributed by atoms with Crippen LogP contribution in [0.2, 0.25) is 0 Å². The average Bonchev–Trinajstić information content (AvgIpc) is 3.50. The van der Waals surface area contributed by atoms with E-state index < -0.39 is 30.0 Å². The van der Waals surface area contributed by atoms with E-state index in [2.05, 4.69) is 9.98 Å². The predicted octanol–water partition coefficient (Wildman–Crippen LogP) is 9.04. The standard InChI is InChI=1S/C36H16F6N4/c37-15-18-5-21(8-24(38)6-18)19-1-3-26-28-13-33-29(14-32(28)34(45-16-43)30(26)10-19)27-4-2-20(11-31(27)35(33)46-17-44)22-7-23(36(40,41)42)12-25(39)9-22/h1-14H,15H2/b45-34+,46-35+. The Hall–Kier alpha value is -6.00. The summed E-state index contributed by atoms with van der Waals surface area (Å²) in [6, 6.07) is 20.0. The first kappa shape index (κ1) is 28.8. The zero-order valence-corrected chi connectivity index (χ0v) is 23.3. The van der Waals surface area contributed by atoms with Crippen LogP contribution in [-0.4, -0.2) is 0 Å². The summed E-state index contributed by atoms with van der Waals surface area (Å²) < 4.78 is 82.0. The third kappa shape index (κ3) is 4.63. The molecule has 0 aliphatic heterocycles. The lowest BCUT2D eigenvalue weighted by atomic mass is 10.00. The van der Waals surface area contributed by atoms with Crippen LogP contribution in [0, 0.1) is 34.5 Å². The van der Waals surface area contributed by atoms with Crippen molar-refractivity contribution in [2.75, 3.05) is 0 Å². The third-order valence-corrected chi connectivity index (χ3v) is 8.12. The number of hydrogen-bond acceptors (Lipinski definition) is 4. The maximum Gasteiger partial charge on any atom is 0.416 e. The Morgan fingerprint density at radius 3 is 1.48 bits per heavy atom. The van der Waals surface area contributed by atoms with Gasteiger partial charge in [-0.3, -0.25) is 0 Å². The van der Waals surface area contributed by atoms with Crippen molar-refractivity contribution >= 4 is 43.1 Å². The van der Waals surface area contributed by atoms with Crippen LogP contribution in [-0.2, 0) is 12.9 Å². The van der Waals surface area contributed by atoms with Gasteiger partial charge in [-0.15, -0.1) is 0 Å². The molecule has 10 heteroatoms. The number of rotatable bonds is 3. The average molecular weight is 619 g/mol. The van der Waals surface area contributed by atoms with E-state index in [0.29, 0.717) is 71.2 Å². The van der Waals surface area contributed by atoms with Crippen LogP contribution in [0.1, 0.15) is 11.1 Å². The Morgan fingerprint density at radius 2 is 1.00 bits per heavy atom. The van der Waals surface area contributed by atoms with Crippen molar-refractivity contribution in [1.82, 2.24) is 0 Å². The van der Waals surface area contributed by atoms with Gasteiger partial charge in [0.2, 0.25) is 12.4 Å². The highest BCUT2D eigenvalue weighted by atomic mass is 19.4. The molecular formula is C36H16F6N4. The van der Waals surface area contributed by atoms with Gasteiger partial charge in [-0.2, -0.15) is 33.7 Å². The first-order chi connectivity index (χ1) is 22.1. The van der Waals surface area contributed by atoms with E-state index >= 15 is 0 Å². The molecule has 0 aliphatic carbocycles. The molecule has 0 N–H and O–H groups in total. The van der Waals surface area contributed by atoms with Crippen molar-refractivity contribution in [1.29, 1.82) is 10.5 Å². The van der Waals surface area contributed by atoms with Gasteiger partial charge in [0.25, 0.3) is 0 Å². The summed E-state index contributed by atoms with van der Waals surface area (Å²) in [5.74, 6) is -1.62. The minimum Gasteiger partial charge on any atom is -0.246 e. The molecule has 0 saturated carbocycles. The Bertz CT molecular complexity index is 2610. The van der Waals surface area contributed by atoms with Gasteiger partial charge in [0.1, 0.15) is 18.3 Å². The molecule has 0 heterocycles. The van der Waals surface area contributed by atoms with Gasteiger partial charge in [-0.1, -0.05) is 24.3 Å².